The highest BCUT2D eigenvalue weighted by Gasteiger charge is 2.21. The average Bonchev–Trinajstić information content (AvgIpc) is 3.06. The van der Waals surface area contributed by atoms with Crippen LogP contribution >= 0.6 is 0 Å². The number of fused-ring (bicyclic) bond motifs is 1. The fraction of sp³-hybridized carbons (Fsp3) is 0.278. The number of benzene rings is 1. The lowest BCUT2D eigenvalue weighted by Crippen LogP contribution is -2.46. The molecule has 7 heteroatoms. The van der Waals surface area contributed by atoms with E-state index >= 15 is 0 Å². The molecule has 4 rings (SSSR count). The van der Waals surface area contributed by atoms with Gasteiger partial charge in [-0.1, -0.05) is 12.1 Å². The van der Waals surface area contributed by atoms with Crippen molar-refractivity contribution in [3.63, 3.8) is 0 Å². The number of nitrogens with zero attached hydrogens (tertiary/aromatic N) is 4. The number of imidazole rings is 1. The van der Waals surface area contributed by atoms with E-state index in [1.54, 1.807) is 11.1 Å². The second-order valence-electron chi connectivity index (χ2n) is 6.09. The molecule has 0 bridgehead atoms. The number of aromatic nitrogens is 3. The first-order valence-electron chi connectivity index (χ1n) is 8.27. The Hall–Kier alpha value is -2.93. The molecule has 1 saturated heterocycles. The predicted octanol–water partition coefficient (Wildman–Crippen LogP) is 2.65. The van der Waals surface area contributed by atoms with Crippen LogP contribution in [-0.2, 0) is 4.74 Å². The molecule has 0 aliphatic carbocycles. The molecule has 0 radical (unpaired) electrons. The van der Waals surface area contributed by atoms with Crippen molar-refractivity contribution >= 4 is 17.5 Å². The van der Waals surface area contributed by atoms with Crippen LogP contribution in [0.25, 0.3) is 17.0 Å². The van der Waals surface area contributed by atoms with Crippen LogP contribution in [0, 0.1) is 0 Å². The van der Waals surface area contributed by atoms with Gasteiger partial charge in [0.1, 0.15) is 0 Å². The molecule has 1 atom stereocenters. The second kappa shape index (κ2) is 6.52. The Morgan fingerprint density at radius 3 is 2.92 bits per heavy atom. The molecule has 1 fully saturated rings. The molecule has 0 unspecified atom stereocenters. The lowest BCUT2D eigenvalue weighted by molar-refractivity contribution is -0.00138. The maximum atomic E-state index is 12.3. The van der Waals surface area contributed by atoms with Gasteiger partial charge in [0.25, 0.3) is 0 Å². The molecule has 3 heterocycles. The summed E-state index contributed by atoms with van der Waals surface area (Å²) >= 11 is 0. The van der Waals surface area contributed by atoms with Gasteiger partial charge in [-0.3, -0.25) is 4.40 Å². The maximum absolute atomic E-state index is 12.3. The standard InChI is InChI=1S/C18H19N5O2/c1-13-11-23(9-10-25-13)18(24)20-15-5-3-14(4-6-15)16-12-22-8-2-7-19-17(22)21-16/h2-8,12-13H,9-11H2,1H3,(H,20,24)/t13-/m1/s1. The van der Waals surface area contributed by atoms with E-state index in [4.69, 9.17) is 4.74 Å². The molecule has 7 nitrogen and oxygen atoms in total. The zero-order valence-corrected chi connectivity index (χ0v) is 13.9. The Kier molecular flexibility index (Phi) is 4.07. The van der Waals surface area contributed by atoms with Crippen LogP contribution in [0.5, 0.6) is 0 Å². The molecule has 128 valence electrons. The highest BCUT2D eigenvalue weighted by atomic mass is 16.5. The maximum Gasteiger partial charge on any atom is 0.322 e. The predicted molar refractivity (Wildman–Crippen MR) is 94.4 cm³/mol. The van der Waals surface area contributed by atoms with Crippen molar-refractivity contribution in [2.75, 3.05) is 25.0 Å². The van der Waals surface area contributed by atoms with E-state index in [0.29, 0.717) is 25.5 Å². The molecule has 1 aliphatic rings. The van der Waals surface area contributed by atoms with Gasteiger partial charge in [0.15, 0.2) is 0 Å². The zero-order valence-electron chi connectivity index (χ0n) is 13.9. The number of rotatable bonds is 2. The van der Waals surface area contributed by atoms with Crippen LogP contribution < -0.4 is 5.32 Å². The van der Waals surface area contributed by atoms with E-state index in [0.717, 1.165) is 16.9 Å². The summed E-state index contributed by atoms with van der Waals surface area (Å²) in [5.74, 6) is 0.663. The lowest BCUT2D eigenvalue weighted by atomic mass is 10.1. The van der Waals surface area contributed by atoms with Crippen molar-refractivity contribution in [3.8, 4) is 11.3 Å². The van der Waals surface area contributed by atoms with E-state index in [9.17, 15) is 4.79 Å². The Morgan fingerprint density at radius 1 is 1.32 bits per heavy atom. The van der Waals surface area contributed by atoms with Crippen molar-refractivity contribution in [1.29, 1.82) is 0 Å². The zero-order chi connectivity index (χ0) is 17.2. The molecule has 0 spiro atoms. The Bertz CT molecular complexity index is 857. The number of urea groups is 1. The molecular formula is C18H19N5O2. The average molecular weight is 337 g/mol. The first-order chi connectivity index (χ1) is 12.2. The molecular weight excluding hydrogens is 318 g/mol. The fourth-order valence-electron chi connectivity index (χ4n) is 2.90. The normalized spacial score (nSPS) is 17.6. The summed E-state index contributed by atoms with van der Waals surface area (Å²) in [6.07, 6.45) is 5.64. The number of hydrogen-bond acceptors (Lipinski definition) is 4. The van der Waals surface area contributed by atoms with Crippen molar-refractivity contribution in [3.05, 3.63) is 48.9 Å². The number of hydrogen-bond donors (Lipinski definition) is 1. The second-order valence-corrected chi connectivity index (χ2v) is 6.09. The largest absolute Gasteiger partial charge is 0.375 e. The number of ether oxygens (including phenoxy) is 1. The smallest absolute Gasteiger partial charge is 0.322 e. The van der Waals surface area contributed by atoms with E-state index in [-0.39, 0.29) is 12.1 Å². The summed E-state index contributed by atoms with van der Waals surface area (Å²) < 4.78 is 7.34. The van der Waals surface area contributed by atoms with E-state index in [1.165, 1.54) is 0 Å². The molecule has 1 N–H and O–H groups in total. The molecule has 1 aromatic carbocycles. The Morgan fingerprint density at radius 2 is 2.16 bits per heavy atom. The van der Waals surface area contributed by atoms with Crippen molar-refractivity contribution < 1.29 is 9.53 Å². The summed E-state index contributed by atoms with van der Waals surface area (Å²) in [6.45, 7) is 3.77. The Balaban J connectivity index is 1.47. The van der Waals surface area contributed by atoms with Crippen LogP contribution in [0.15, 0.2) is 48.9 Å². The number of carbonyl (C=O) groups is 1. The van der Waals surface area contributed by atoms with Crippen LogP contribution in [0.2, 0.25) is 0 Å². The van der Waals surface area contributed by atoms with E-state index in [1.807, 2.05) is 54.0 Å². The number of carbonyl (C=O) groups excluding carboxylic acids is 1. The number of nitrogens with one attached hydrogen (secondary N) is 1. The van der Waals surface area contributed by atoms with Crippen molar-refractivity contribution in [2.24, 2.45) is 0 Å². The van der Waals surface area contributed by atoms with Crippen LogP contribution in [0.3, 0.4) is 0 Å². The van der Waals surface area contributed by atoms with Gasteiger partial charge in [-0.2, -0.15) is 0 Å². The van der Waals surface area contributed by atoms with E-state index < -0.39 is 0 Å². The fourth-order valence-corrected chi connectivity index (χ4v) is 2.90. The highest BCUT2D eigenvalue weighted by molar-refractivity contribution is 5.89. The molecule has 25 heavy (non-hydrogen) atoms. The van der Waals surface area contributed by atoms with Crippen molar-refractivity contribution in [2.45, 2.75) is 13.0 Å². The Labute approximate surface area is 145 Å². The van der Waals surface area contributed by atoms with Crippen LogP contribution in [-0.4, -0.2) is 51.1 Å². The monoisotopic (exact) mass is 337 g/mol. The molecule has 0 saturated carbocycles. The summed E-state index contributed by atoms with van der Waals surface area (Å²) in [6, 6.07) is 9.42. The van der Waals surface area contributed by atoms with Gasteiger partial charge in [-0.05, 0) is 25.1 Å². The third-order valence-electron chi connectivity index (χ3n) is 4.20. The minimum atomic E-state index is -0.0974. The van der Waals surface area contributed by atoms with Gasteiger partial charge in [0.2, 0.25) is 5.78 Å². The van der Waals surface area contributed by atoms with Gasteiger partial charge in [-0.15, -0.1) is 0 Å². The van der Waals surface area contributed by atoms with Crippen molar-refractivity contribution in [1.82, 2.24) is 19.3 Å². The molecule has 1 aliphatic heterocycles. The summed E-state index contributed by atoms with van der Waals surface area (Å²) in [5, 5.41) is 2.93. The summed E-state index contributed by atoms with van der Waals surface area (Å²) in [5.41, 5.74) is 2.58. The highest BCUT2D eigenvalue weighted by Crippen LogP contribution is 2.21. The van der Waals surface area contributed by atoms with Crippen LogP contribution in [0.1, 0.15) is 6.92 Å². The quantitative estimate of drug-likeness (QED) is 0.780. The minimum Gasteiger partial charge on any atom is -0.375 e. The van der Waals surface area contributed by atoms with Gasteiger partial charge in [-0.25, -0.2) is 14.8 Å². The van der Waals surface area contributed by atoms with Gasteiger partial charge < -0.3 is 15.0 Å². The number of morpholine rings is 1. The summed E-state index contributed by atoms with van der Waals surface area (Å²) in [7, 11) is 0. The van der Waals surface area contributed by atoms with Gasteiger partial charge >= 0.3 is 6.03 Å². The topological polar surface area (TPSA) is 71.8 Å². The van der Waals surface area contributed by atoms with Gasteiger partial charge in [0.05, 0.1) is 18.4 Å². The first kappa shape index (κ1) is 15.6. The minimum absolute atomic E-state index is 0.0746. The third-order valence-corrected chi connectivity index (χ3v) is 4.20. The molecule has 2 amide bonds. The number of anilines is 1. The third kappa shape index (κ3) is 3.32. The molecule has 3 aromatic rings. The SMILES string of the molecule is C[C@@H]1CN(C(=O)Nc2ccc(-c3cn4cccnc4n3)cc2)CCO1. The van der Waals surface area contributed by atoms with Crippen LogP contribution in [0.4, 0.5) is 10.5 Å². The summed E-state index contributed by atoms with van der Waals surface area (Å²) in [4.78, 5) is 22.8. The first-order valence-corrected chi connectivity index (χ1v) is 8.27. The lowest BCUT2D eigenvalue weighted by Gasteiger charge is -2.31. The number of amides is 2. The molecule has 2 aromatic heterocycles. The van der Waals surface area contributed by atoms with Gasteiger partial charge in [0, 0.05) is 42.9 Å². The van der Waals surface area contributed by atoms with E-state index in [2.05, 4.69) is 15.3 Å².